The predicted molar refractivity (Wildman–Crippen MR) is 167 cm³/mol. The average molecular weight is 1090 g/mol. The summed E-state index contributed by atoms with van der Waals surface area (Å²) in [7, 11) is 0. The molecule has 0 saturated carbocycles. The number of carbonyl (C=O) groups excluding carboxylic acids is 2. The van der Waals surface area contributed by atoms with E-state index in [1.165, 1.54) is 18.2 Å². The Balaban J connectivity index is 1.88. The summed E-state index contributed by atoms with van der Waals surface area (Å²) < 4.78 is 15.9. The van der Waals surface area contributed by atoms with E-state index in [1.807, 2.05) is 24.3 Å². The number of hydrogen-bond acceptors (Lipinski definition) is 5. The summed E-state index contributed by atoms with van der Waals surface area (Å²) in [6, 6.07) is 11.5. The lowest BCUT2D eigenvalue weighted by Gasteiger charge is -2.12. The molecule has 0 amide bonds. The van der Waals surface area contributed by atoms with E-state index < -0.39 is 11.9 Å². The second-order valence-electron chi connectivity index (χ2n) is 5.88. The molecule has 31 heavy (non-hydrogen) atoms. The summed E-state index contributed by atoms with van der Waals surface area (Å²) in [4.78, 5) is 25.5. The minimum Gasteiger partial charge on any atom is -0.508 e. The molecule has 1 N–H and O–H groups in total. The van der Waals surface area contributed by atoms with Crippen molar-refractivity contribution in [1.29, 1.82) is 0 Å². The molecule has 11 heteroatoms. The van der Waals surface area contributed by atoms with Crippen molar-refractivity contribution >= 4 is 147 Å². The lowest BCUT2D eigenvalue weighted by molar-refractivity contribution is 0.0730. The van der Waals surface area contributed by atoms with Gasteiger partial charge in [0.2, 0.25) is 0 Å². The van der Waals surface area contributed by atoms with E-state index in [2.05, 4.69) is 136 Å². The fourth-order valence-electron chi connectivity index (χ4n) is 2.42. The molecule has 0 aliphatic carbocycles. The highest BCUT2D eigenvalue weighted by Gasteiger charge is 2.21. The molecule has 3 rings (SSSR count). The van der Waals surface area contributed by atoms with Crippen LogP contribution in [0.4, 0.5) is 0 Å². The van der Waals surface area contributed by atoms with Gasteiger partial charge in [0.05, 0.1) is 11.1 Å². The number of rotatable bonds is 4. The first kappa shape index (κ1) is 26.4. The molecule has 0 fully saturated rings. The van der Waals surface area contributed by atoms with E-state index in [1.54, 1.807) is 0 Å². The second kappa shape index (κ2) is 11.5. The van der Waals surface area contributed by atoms with Crippen LogP contribution >= 0.6 is 136 Å². The van der Waals surface area contributed by atoms with Gasteiger partial charge in [0.25, 0.3) is 0 Å². The Morgan fingerprint density at radius 3 is 1.35 bits per heavy atom. The summed E-state index contributed by atoms with van der Waals surface area (Å²) in [6.45, 7) is 0. The molecule has 160 valence electrons. The van der Waals surface area contributed by atoms with Crippen molar-refractivity contribution in [3.05, 3.63) is 75.0 Å². The number of phenols is 1. The maximum absolute atomic E-state index is 12.8. The summed E-state index contributed by atoms with van der Waals surface area (Å²) in [5.41, 5.74) is 0.885. The summed E-state index contributed by atoms with van der Waals surface area (Å²) in [5.74, 6) is -1.16. The Bertz CT molecular complexity index is 1120. The topological polar surface area (TPSA) is 72.8 Å². The molecule has 0 saturated heterocycles. The van der Waals surface area contributed by atoms with E-state index in [0.29, 0.717) is 11.1 Å². The van der Waals surface area contributed by atoms with Gasteiger partial charge in [0, 0.05) is 39.6 Å². The molecule has 0 spiro atoms. The molecule has 0 aromatic heterocycles. The number of halogens is 6. The molecule has 0 atom stereocenters. The first-order valence-corrected chi connectivity index (χ1v) is 14.6. The third-order valence-electron chi connectivity index (χ3n) is 3.78. The molecule has 0 aliphatic rings. The van der Waals surface area contributed by atoms with Gasteiger partial charge in [-0.15, -0.1) is 0 Å². The highest BCUT2D eigenvalue weighted by molar-refractivity contribution is 14.1. The van der Waals surface area contributed by atoms with Crippen LogP contribution in [0.25, 0.3) is 0 Å². The smallest absolute Gasteiger partial charge is 0.345 e. The fourth-order valence-corrected chi connectivity index (χ4v) is 7.07. The van der Waals surface area contributed by atoms with Crippen LogP contribution in [-0.2, 0) is 0 Å². The van der Waals surface area contributed by atoms with E-state index in [0.717, 1.165) is 21.4 Å². The first-order valence-electron chi connectivity index (χ1n) is 8.14. The molecule has 5 nitrogen and oxygen atoms in total. The zero-order valence-corrected chi connectivity index (χ0v) is 27.8. The minimum atomic E-state index is -0.558. The number of hydrogen-bond donors (Lipinski definition) is 1. The molecule has 0 aliphatic heterocycles. The number of phenolic OH excluding ortho intramolecular Hbond substituents is 1. The van der Waals surface area contributed by atoms with Crippen LogP contribution in [0.5, 0.6) is 17.2 Å². The second-order valence-corrected chi connectivity index (χ2v) is 12.7. The van der Waals surface area contributed by atoms with Crippen LogP contribution in [0.2, 0.25) is 0 Å². The normalized spacial score (nSPS) is 10.6. The summed E-state index contributed by atoms with van der Waals surface area (Å²) >= 11 is 12.6. The third-order valence-corrected chi connectivity index (χ3v) is 11.7. The Kier molecular flexibility index (Phi) is 9.76. The zero-order chi connectivity index (χ0) is 22.9. The van der Waals surface area contributed by atoms with Gasteiger partial charge in [-0.3, -0.25) is 0 Å². The average Bonchev–Trinajstić information content (AvgIpc) is 2.68. The van der Waals surface area contributed by atoms with Crippen molar-refractivity contribution in [2.75, 3.05) is 0 Å². The molecule has 0 unspecified atom stereocenters. The van der Waals surface area contributed by atoms with Gasteiger partial charge in [-0.1, -0.05) is 0 Å². The van der Waals surface area contributed by atoms with E-state index >= 15 is 0 Å². The van der Waals surface area contributed by atoms with E-state index in [9.17, 15) is 14.7 Å². The van der Waals surface area contributed by atoms with Crippen molar-refractivity contribution in [3.63, 3.8) is 0 Å². The number of ether oxygens (including phenoxy) is 2. The van der Waals surface area contributed by atoms with Gasteiger partial charge in [0.15, 0.2) is 0 Å². The third kappa shape index (κ3) is 6.47. The Labute approximate surface area is 259 Å². The monoisotopic (exact) mass is 1090 g/mol. The standard InChI is InChI=1S/C20H8I6O5/c21-11-1-3-13(23)17(25)15(11)19(28)30-9-5-8(27)6-10(7-9)31-20(29)16-12(22)2-4-14(24)18(16)26/h1-7,27H. The fraction of sp³-hybridized carbons (Fsp3) is 0. The maximum atomic E-state index is 12.8. The van der Waals surface area contributed by atoms with E-state index in [-0.39, 0.29) is 17.2 Å². The lowest BCUT2D eigenvalue weighted by Crippen LogP contribution is -2.14. The Hall–Kier alpha value is 0.780. The number of carbonyl (C=O) groups is 2. The van der Waals surface area contributed by atoms with Crippen LogP contribution in [0.3, 0.4) is 0 Å². The first-order chi connectivity index (χ1) is 14.6. The van der Waals surface area contributed by atoms with E-state index in [4.69, 9.17) is 9.47 Å². The quantitative estimate of drug-likeness (QED) is 0.127. The minimum absolute atomic E-state index is 0.0743. The largest absolute Gasteiger partial charge is 0.508 e. The SMILES string of the molecule is O=C(Oc1cc(O)cc(OC(=O)c2c(I)ccc(I)c2I)c1)c1c(I)ccc(I)c1I. The Morgan fingerprint density at radius 2 is 0.968 bits per heavy atom. The zero-order valence-electron chi connectivity index (χ0n) is 14.9. The lowest BCUT2D eigenvalue weighted by atomic mass is 10.2. The van der Waals surface area contributed by atoms with Gasteiger partial charge in [-0.05, 0) is 160 Å². The summed E-state index contributed by atoms with van der Waals surface area (Å²) in [6.07, 6.45) is 0. The van der Waals surface area contributed by atoms with Crippen molar-refractivity contribution in [2.45, 2.75) is 0 Å². The van der Waals surface area contributed by atoms with Crippen molar-refractivity contribution in [1.82, 2.24) is 0 Å². The van der Waals surface area contributed by atoms with Gasteiger partial charge in [-0.2, -0.15) is 0 Å². The van der Waals surface area contributed by atoms with Crippen LogP contribution in [0.1, 0.15) is 20.7 Å². The molecule has 0 bridgehead atoms. The van der Waals surface area contributed by atoms with Gasteiger partial charge in [0.1, 0.15) is 17.2 Å². The van der Waals surface area contributed by atoms with Crippen LogP contribution in [0.15, 0.2) is 42.5 Å². The molecule has 0 radical (unpaired) electrons. The molecular formula is C20H8I6O5. The van der Waals surface area contributed by atoms with Crippen molar-refractivity contribution in [3.8, 4) is 17.2 Å². The molecular weight excluding hydrogens is 1080 g/mol. The van der Waals surface area contributed by atoms with Gasteiger partial charge >= 0.3 is 11.9 Å². The van der Waals surface area contributed by atoms with Gasteiger partial charge in [-0.25, -0.2) is 9.59 Å². The van der Waals surface area contributed by atoms with Crippen LogP contribution < -0.4 is 9.47 Å². The molecule has 3 aromatic rings. The predicted octanol–water partition coefficient (Wildman–Crippen LogP) is 7.46. The molecule has 0 heterocycles. The van der Waals surface area contributed by atoms with Crippen LogP contribution in [-0.4, -0.2) is 17.0 Å². The number of benzene rings is 3. The number of esters is 2. The van der Waals surface area contributed by atoms with Crippen molar-refractivity contribution in [2.24, 2.45) is 0 Å². The highest BCUT2D eigenvalue weighted by atomic mass is 127. The molecule has 3 aromatic carbocycles. The van der Waals surface area contributed by atoms with Gasteiger partial charge < -0.3 is 14.6 Å². The summed E-state index contributed by atoms with van der Waals surface area (Å²) in [5, 5.41) is 10.1. The Morgan fingerprint density at radius 1 is 0.613 bits per heavy atom. The number of aromatic hydroxyl groups is 1. The van der Waals surface area contributed by atoms with Crippen LogP contribution in [0, 0.1) is 21.4 Å². The highest BCUT2D eigenvalue weighted by Crippen LogP contribution is 2.31. The maximum Gasteiger partial charge on any atom is 0.345 e. The van der Waals surface area contributed by atoms with Crippen molar-refractivity contribution < 1.29 is 24.2 Å².